The van der Waals surface area contributed by atoms with Crippen LogP contribution in [-0.4, -0.2) is 15.0 Å². The zero-order chi connectivity index (χ0) is 14.3. The fraction of sp³-hybridized carbons (Fsp3) is 0.273. The van der Waals surface area contributed by atoms with Crippen LogP contribution in [0.5, 0.6) is 0 Å². The van der Waals surface area contributed by atoms with E-state index in [9.17, 15) is 0 Å². The first-order chi connectivity index (χ1) is 9.63. The summed E-state index contributed by atoms with van der Waals surface area (Å²) in [7, 11) is 0. The average molecular weight is 329 g/mol. The molecular formula is C11H10Cl2N6S. The first-order valence-electron chi connectivity index (χ1n) is 5.94. The fourth-order valence-corrected chi connectivity index (χ4v) is 3.21. The number of hydrogen-bond acceptors (Lipinski definition) is 5. The summed E-state index contributed by atoms with van der Waals surface area (Å²) >= 11 is 13.5. The highest BCUT2D eigenvalue weighted by molar-refractivity contribution is 7.58. The highest BCUT2D eigenvalue weighted by Gasteiger charge is 2.23. The quantitative estimate of drug-likeness (QED) is 0.793. The van der Waals surface area contributed by atoms with E-state index in [2.05, 4.69) is 26.0 Å². The van der Waals surface area contributed by atoms with Crippen molar-refractivity contribution in [1.29, 1.82) is 0 Å². The molecule has 0 radical (unpaired) electrons. The number of nitrogens with zero attached hydrogens (tertiary/aromatic N) is 5. The Morgan fingerprint density at radius 3 is 2.75 bits per heavy atom. The molecule has 20 heavy (non-hydrogen) atoms. The van der Waals surface area contributed by atoms with Gasteiger partial charge in [-0.2, -0.15) is 8.73 Å². The smallest absolute Gasteiger partial charge is 0.169 e. The van der Waals surface area contributed by atoms with Crippen LogP contribution >= 0.6 is 23.2 Å². The van der Waals surface area contributed by atoms with E-state index < -0.39 is 0 Å². The molecule has 0 saturated heterocycles. The fourth-order valence-electron chi connectivity index (χ4n) is 2.03. The molecule has 9 heteroatoms. The van der Waals surface area contributed by atoms with Crippen molar-refractivity contribution < 1.29 is 0 Å². The Kier molecular flexibility index (Phi) is 3.49. The second-order valence-electron chi connectivity index (χ2n) is 4.23. The predicted octanol–water partition coefficient (Wildman–Crippen LogP) is 3.84. The van der Waals surface area contributed by atoms with Gasteiger partial charge in [-0.1, -0.05) is 41.8 Å². The van der Waals surface area contributed by atoms with Gasteiger partial charge >= 0.3 is 0 Å². The lowest BCUT2D eigenvalue weighted by Gasteiger charge is -2.11. The van der Waals surface area contributed by atoms with Crippen molar-refractivity contribution in [3.63, 3.8) is 0 Å². The van der Waals surface area contributed by atoms with Crippen molar-refractivity contribution in [2.45, 2.75) is 19.8 Å². The van der Waals surface area contributed by atoms with Gasteiger partial charge in [-0.25, -0.2) is 4.68 Å². The molecule has 0 unspecified atom stereocenters. The maximum Gasteiger partial charge on any atom is 0.169 e. The summed E-state index contributed by atoms with van der Waals surface area (Å²) in [4.78, 5) is 0. The maximum atomic E-state index is 6.30. The van der Waals surface area contributed by atoms with Crippen molar-refractivity contribution >= 4 is 51.7 Å². The minimum Gasteiger partial charge on any atom is -0.381 e. The summed E-state index contributed by atoms with van der Waals surface area (Å²) in [5.41, 5.74) is 8.51. The number of nitrogen functional groups attached to an aromatic ring is 1. The average Bonchev–Trinajstić information content (AvgIpc) is 3.00. The molecule has 0 saturated carbocycles. The molecule has 2 N–H and O–H groups in total. The summed E-state index contributed by atoms with van der Waals surface area (Å²) in [5.74, 6) is 0.397. The van der Waals surface area contributed by atoms with Gasteiger partial charge in [0.05, 0.1) is 27.1 Å². The summed E-state index contributed by atoms with van der Waals surface area (Å²) < 4.78 is 10.1. The van der Waals surface area contributed by atoms with Crippen molar-refractivity contribution in [1.82, 2.24) is 15.0 Å². The number of anilines is 1. The molecule has 2 aromatic rings. The van der Waals surface area contributed by atoms with Crippen molar-refractivity contribution in [2.75, 3.05) is 5.73 Å². The molecule has 1 aromatic heterocycles. The third-order valence-electron chi connectivity index (χ3n) is 2.91. The molecule has 6 nitrogen and oxygen atoms in total. The van der Waals surface area contributed by atoms with Gasteiger partial charge in [0.2, 0.25) is 0 Å². The maximum absolute atomic E-state index is 6.30. The molecule has 0 fully saturated rings. The van der Waals surface area contributed by atoms with Crippen molar-refractivity contribution in [2.24, 2.45) is 8.73 Å². The van der Waals surface area contributed by atoms with Gasteiger partial charge in [-0.3, -0.25) is 0 Å². The molecular weight excluding hydrogens is 319 g/mol. The van der Waals surface area contributed by atoms with Gasteiger partial charge in [0, 0.05) is 0 Å². The molecule has 1 aromatic carbocycles. The van der Waals surface area contributed by atoms with Crippen LogP contribution in [0.25, 0.3) is 5.69 Å². The molecule has 0 amide bonds. The number of nitrogens with two attached hydrogens (primary N) is 1. The number of rotatable bonds is 3. The lowest BCUT2D eigenvalue weighted by molar-refractivity contribution is 0.746. The largest absolute Gasteiger partial charge is 0.381 e. The van der Waals surface area contributed by atoms with Gasteiger partial charge in [0.15, 0.2) is 5.82 Å². The van der Waals surface area contributed by atoms with Gasteiger partial charge in [-0.15, -0.1) is 5.10 Å². The predicted molar refractivity (Wildman–Crippen MR) is 81.3 cm³/mol. The van der Waals surface area contributed by atoms with Gasteiger partial charge in [0.25, 0.3) is 0 Å². The van der Waals surface area contributed by atoms with E-state index in [0.717, 1.165) is 29.9 Å². The Morgan fingerprint density at radius 2 is 2.00 bits per heavy atom. The number of benzene rings is 1. The van der Waals surface area contributed by atoms with E-state index >= 15 is 0 Å². The van der Waals surface area contributed by atoms with E-state index in [1.165, 1.54) is 0 Å². The van der Waals surface area contributed by atoms with E-state index in [4.69, 9.17) is 28.9 Å². The van der Waals surface area contributed by atoms with Crippen LogP contribution in [0.4, 0.5) is 17.2 Å². The third-order valence-corrected chi connectivity index (χ3v) is 4.02. The molecule has 0 bridgehead atoms. The van der Waals surface area contributed by atoms with Gasteiger partial charge < -0.3 is 5.73 Å². The number of hydrogen-bond donors (Lipinski definition) is 1. The van der Waals surface area contributed by atoms with E-state index in [1.807, 2.05) is 0 Å². The molecule has 1 aliphatic rings. The summed E-state index contributed by atoms with van der Waals surface area (Å²) in [5, 5.41) is 8.90. The van der Waals surface area contributed by atoms with Crippen LogP contribution in [0.3, 0.4) is 0 Å². The summed E-state index contributed by atoms with van der Waals surface area (Å²) in [6, 6.07) is 1.63. The Hall–Kier alpha value is -1.44. The normalized spacial score (nSPS) is 12.6. The van der Waals surface area contributed by atoms with E-state index in [0.29, 0.717) is 32.9 Å². The minimum atomic E-state index is 0.397. The second kappa shape index (κ2) is 5.16. The Labute approximate surface area is 128 Å². The molecule has 3 rings (SSSR count). The molecule has 1 aliphatic heterocycles. The zero-order valence-corrected chi connectivity index (χ0v) is 12.8. The Bertz CT molecular complexity index is 763. The van der Waals surface area contributed by atoms with Crippen molar-refractivity contribution in [3.05, 3.63) is 21.8 Å². The first-order valence-corrected chi connectivity index (χ1v) is 7.42. The zero-order valence-electron chi connectivity index (χ0n) is 10.5. The van der Waals surface area contributed by atoms with Crippen LogP contribution in [0.15, 0.2) is 14.8 Å². The molecule has 0 atom stereocenters. The molecule has 0 aliphatic carbocycles. The molecule has 0 spiro atoms. The number of aromatic nitrogens is 3. The summed E-state index contributed by atoms with van der Waals surface area (Å²) in [6.45, 7) is 2.06. The van der Waals surface area contributed by atoms with Gasteiger partial charge in [-0.05, 0) is 12.5 Å². The van der Waals surface area contributed by atoms with Crippen molar-refractivity contribution in [3.8, 4) is 5.69 Å². The summed E-state index contributed by atoms with van der Waals surface area (Å²) in [6.07, 6.45) is 1.66. The molecule has 2 heterocycles. The van der Waals surface area contributed by atoms with E-state index in [1.54, 1.807) is 10.7 Å². The highest BCUT2D eigenvalue weighted by Crippen LogP contribution is 2.46. The first kappa shape index (κ1) is 13.5. The number of fused-ring (bicyclic) bond motifs is 1. The van der Waals surface area contributed by atoms with Crippen LogP contribution in [0, 0.1) is 0 Å². The number of halogens is 2. The SMILES string of the molecule is CCCc1c(N)nnn1-c1c(Cl)cc(Cl)c2c1N=S=N2. The lowest BCUT2D eigenvalue weighted by Crippen LogP contribution is -2.05. The third kappa shape index (κ3) is 2.02. The monoisotopic (exact) mass is 328 g/mol. The van der Waals surface area contributed by atoms with Crippen LogP contribution in [0.1, 0.15) is 19.0 Å². The highest BCUT2D eigenvalue weighted by atomic mass is 35.5. The van der Waals surface area contributed by atoms with E-state index in [-0.39, 0.29) is 0 Å². The second-order valence-corrected chi connectivity index (χ2v) is 5.58. The Balaban J connectivity index is 2.27. The Morgan fingerprint density at radius 1 is 1.25 bits per heavy atom. The van der Waals surface area contributed by atoms with Gasteiger partial charge in [0.1, 0.15) is 17.1 Å². The van der Waals surface area contributed by atoms with Crippen LogP contribution in [0.2, 0.25) is 10.0 Å². The molecule has 104 valence electrons. The van der Waals surface area contributed by atoms with Crippen LogP contribution < -0.4 is 5.73 Å². The topological polar surface area (TPSA) is 81.5 Å². The van der Waals surface area contributed by atoms with Crippen LogP contribution in [-0.2, 0) is 17.8 Å². The minimum absolute atomic E-state index is 0.397. The standard InChI is InChI=1S/C11H10Cl2N6S/c1-2-3-7-11(14)15-18-19(7)10-6(13)4-5(12)8-9(10)17-20-16-8/h4H,2-3,14H2,1H3. The lowest BCUT2D eigenvalue weighted by atomic mass is 10.2.